The zero-order chi connectivity index (χ0) is 22.9. The number of halogens is 1. The van der Waals surface area contributed by atoms with Gasteiger partial charge in [0.1, 0.15) is 29.6 Å². The van der Waals surface area contributed by atoms with Crippen LogP contribution in [0.5, 0.6) is 11.5 Å². The molecule has 0 aliphatic carbocycles. The Labute approximate surface area is 195 Å². The molecule has 4 rings (SSSR count). The Morgan fingerprint density at radius 3 is 2.28 bits per heavy atom. The molecule has 164 valence electrons. The van der Waals surface area contributed by atoms with Crippen molar-refractivity contribution in [3.8, 4) is 11.5 Å². The second-order valence-electron chi connectivity index (χ2n) is 8.57. The van der Waals surface area contributed by atoms with Gasteiger partial charge in [-0.05, 0) is 62.7 Å². The van der Waals surface area contributed by atoms with Gasteiger partial charge in [0.05, 0.1) is 5.56 Å². The van der Waals surface area contributed by atoms with E-state index in [-0.39, 0.29) is 6.61 Å². The summed E-state index contributed by atoms with van der Waals surface area (Å²) >= 11 is 3.47. The van der Waals surface area contributed by atoms with Crippen molar-refractivity contribution in [2.45, 2.75) is 38.9 Å². The number of ether oxygens (including phenoxy) is 3. The smallest absolute Gasteiger partial charge is 0.338 e. The molecule has 6 heteroatoms. The molecule has 0 saturated heterocycles. The van der Waals surface area contributed by atoms with Crippen molar-refractivity contribution >= 4 is 27.9 Å². The highest BCUT2D eigenvalue weighted by atomic mass is 79.9. The first-order valence-electron chi connectivity index (χ1n) is 10.3. The fraction of sp³-hybridized carbons (Fsp3) is 0.231. The molecule has 3 aromatic carbocycles. The van der Waals surface area contributed by atoms with Crippen LogP contribution in [0.25, 0.3) is 0 Å². The van der Waals surface area contributed by atoms with E-state index in [1.165, 1.54) is 0 Å². The van der Waals surface area contributed by atoms with Gasteiger partial charge in [0, 0.05) is 15.6 Å². The van der Waals surface area contributed by atoms with E-state index in [1.807, 2.05) is 69.3 Å². The monoisotopic (exact) mass is 494 g/mol. The first-order chi connectivity index (χ1) is 15.2. The first-order valence-corrected chi connectivity index (χ1v) is 11.1. The normalized spacial score (nSPS) is 14.6. The number of fused-ring (bicyclic) bond motifs is 2. The van der Waals surface area contributed by atoms with Gasteiger partial charge < -0.3 is 14.2 Å². The van der Waals surface area contributed by atoms with Crippen LogP contribution in [0.4, 0.5) is 0 Å². The topological polar surface area (TPSA) is 61.8 Å². The molecule has 1 aliphatic rings. The molecule has 0 spiro atoms. The van der Waals surface area contributed by atoms with Gasteiger partial charge in [-0.25, -0.2) is 4.79 Å². The molecule has 32 heavy (non-hydrogen) atoms. The van der Waals surface area contributed by atoms with E-state index in [0.717, 1.165) is 10.0 Å². The maximum atomic E-state index is 13.2. The number of carbonyl (C=O) groups excluding carboxylic acids is 2. The summed E-state index contributed by atoms with van der Waals surface area (Å²) in [6, 6.07) is 20.0. The predicted octanol–water partition coefficient (Wildman–Crippen LogP) is 6.39. The molecule has 0 N–H and O–H groups in total. The molecule has 1 unspecified atom stereocenters. The standard InChI is InChI=1S/C26H23BrO5/c1-26(2,3)32-25(29)23-19-13-17(24(28)30-15-16-7-5-4-6-8-16)9-11-21(19)31-22-12-10-18(27)14-20(22)23/h4-14,23H,15H2,1-3H3. The Balaban J connectivity index is 1.68. The lowest BCUT2D eigenvalue weighted by molar-refractivity contribution is -0.155. The fourth-order valence-electron chi connectivity index (χ4n) is 3.54. The van der Waals surface area contributed by atoms with Gasteiger partial charge in [0.2, 0.25) is 0 Å². The average molecular weight is 495 g/mol. The molecule has 0 bridgehead atoms. The molecule has 0 fully saturated rings. The average Bonchev–Trinajstić information content (AvgIpc) is 2.75. The van der Waals surface area contributed by atoms with Crippen LogP contribution < -0.4 is 4.74 Å². The van der Waals surface area contributed by atoms with E-state index in [1.54, 1.807) is 18.2 Å². The van der Waals surface area contributed by atoms with Gasteiger partial charge >= 0.3 is 11.9 Å². The summed E-state index contributed by atoms with van der Waals surface area (Å²) < 4.78 is 18.0. The Morgan fingerprint density at radius 1 is 0.938 bits per heavy atom. The molecule has 5 nitrogen and oxygen atoms in total. The predicted molar refractivity (Wildman–Crippen MR) is 124 cm³/mol. The molecule has 1 atom stereocenters. The molecule has 0 saturated carbocycles. The van der Waals surface area contributed by atoms with Crippen LogP contribution in [0.15, 0.2) is 71.2 Å². The van der Waals surface area contributed by atoms with E-state index < -0.39 is 23.5 Å². The number of hydrogen-bond acceptors (Lipinski definition) is 5. The third kappa shape index (κ3) is 4.86. The lowest BCUT2D eigenvalue weighted by Gasteiger charge is -2.30. The third-order valence-corrected chi connectivity index (χ3v) is 5.41. The summed E-state index contributed by atoms with van der Waals surface area (Å²) in [6.45, 7) is 5.64. The van der Waals surface area contributed by atoms with E-state index in [9.17, 15) is 9.59 Å². The van der Waals surface area contributed by atoms with Crippen LogP contribution in [-0.4, -0.2) is 17.5 Å². The molecule has 0 amide bonds. The summed E-state index contributed by atoms with van der Waals surface area (Å²) in [6.07, 6.45) is 0. The van der Waals surface area contributed by atoms with Crippen LogP contribution in [0.1, 0.15) is 53.7 Å². The number of esters is 2. The number of benzene rings is 3. The van der Waals surface area contributed by atoms with Gasteiger partial charge in [-0.2, -0.15) is 0 Å². The Hall–Kier alpha value is -3.12. The maximum absolute atomic E-state index is 13.2. The van der Waals surface area contributed by atoms with Gasteiger partial charge in [-0.1, -0.05) is 46.3 Å². The van der Waals surface area contributed by atoms with E-state index >= 15 is 0 Å². The zero-order valence-corrected chi connectivity index (χ0v) is 19.6. The van der Waals surface area contributed by atoms with Crippen LogP contribution in [0.3, 0.4) is 0 Å². The van der Waals surface area contributed by atoms with Crippen molar-refractivity contribution in [3.63, 3.8) is 0 Å². The highest BCUT2D eigenvalue weighted by Gasteiger charge is 2.36. The molecular formula is C26H23BrO5. The van der Waals surface area contributed by atoms with E-state index in [4.69, 9.17) is 14.2 Å². The minimum absolute atomic E-state index is 0.165. The molecular weight excluding hydrogens is 472 g/mol. The second-order valence-corrected chi connectivity index (χ2v) is 9.48. The number of rotatable bonds is 4. The maximum Gasteiger partial charge on any atom is 0.338 e. The molecule has 3 aromatic rings. The molecule has 0 aromatic heterocycles. The van der Waals surface area contributed by atoms with Crippen molar-refractivity contribution in [2.75, 3.05) is 0 Å². The highest BCUT2D eigenvalue weighted by Crippen LogP contribution is 2.46. The summed E-state index contributed by atoms with van der Waals surface area (Å²) in [4.78, 5) is 26.0. The van der Waals surface area contributed by atoms with Gasteiger partial charge in [0.15, 0.2) is 0 Å². The molecule has 1 aliphatic heterocycles. The van der Waals surface area contributed by atoms with Crippen LogP contribution >= 0.6 is 15.9 Å². The Bertz CT molecular complexity index is 1160. The summed E-state index contributed by atoms with van der Waals surface area (Å²) in [5.41, 5.74) is 1.83. The minimum atomic E-state index is -0.729. The Kier molecular flexibility index (Phi) is 6.07. The zero-order valence-electron chi connectivity index (χ0n) is 18.1. The quantitative estimate of drug-likeness (QED) is 0.393. The van der Waals surface area contributed by atoms with E-state index in [2.05, 4.69) is 15.9 Å². The highest BCUT2D eigenvalue weighted by molar-refractivity contribution is 9.10. The summed E-state index contributed by atoms with van der Waals surface area (Å²) in [5.74, 6) is -0.519. The SMILES string of the molecule is CC(C)(C)OC(=O)C1c2cc(Br)ccc2Oc2ccc(C(=O)OCc3ccccc3)cc21. The minimum Gasteiger partial charge on any atom is -0.459 e. The van der Waals surface area contributed by atoms with Gasteiger partial charge in [0.25, 0.3) is 0 Å². The number of hydrogen-bond donors (Lipinski definition) is 0. The first kappa shape index (κ1) is 22.1. The van der Waals surface area contributed by atoms with E-state index in [0.29, 0.717) is 28.2 Å². The van der Waals surface area contributed by atoms with Crippen molar-refractivity contribution < 1.29 is 23.8 Å². The van der Waals surface area contributed by atoms with Crippen molar-refractivity contribution in [1.82, 2.24) is 0 Å². The van der Waals surface area contributed by atoms with Crippen LogP contribution in [0.2, 0.25) is 0 Å². The lowest BCUT2D eigenvalue weighted by Crippen LogP contribution is -2.29. The second kappa shape index (κ2) is 8.79. The summed E-state index contributed by atoms with van der Waals surface area (Å²) in [7, 11) is 0. The van der Waals surface area contributed by atoms with Crippen molar-refractivity contribution in [3.05, 3.63) is 93.5 Å². The molecule has 1 heterocycles. The van der Waals surface area contributed by atoms with Gasteiger partial charge in [-0.3, -0.25) is 4.79 Å². The number of carbonyl (C=O) groups is 2. The largest absolute Gasteiger partial charge is 0.459 e. The Morgan fingerprint density at radius 2 is 1.59 bits per heavy atom. The van der Waals surface area contributed by atoms with Crippen LogP contribution in [-0.2, 0) is 20.9 Å². The van der Waals surface area contributed by atoms with Crippen molar-refractivity contribution in [1.29, 1.82) is 0 Å². The third-order valence-electron chi connectivity index (χ3n) is 4.91. The van der Waals surface area contributed by atoms with Gasteiger partial charge in [-0.15, -0.1) is 0 Å². The summed E-state index contributed by atoms with van der Waals surface area (Å²) in [5, 5.41) is 0. The van der Waals surface area contributed by atoms with Crippen LogP contribution in [0, 0.1) is 0 Å². The molecule has 0 radical (unpaired) electrons. The lowest BCUT2D eigenvalue weighted by atomic mass is 9.87. The van der Waals surface area contributed by atoms with Crippen molar-refractivity contribution in [2.24, 2.45) is 0 Å². The fourth-order valence-corrected chi connectivity index (χ4v) is 3.92.